The molecule has 4 aromatic carbocycles. The first-order valence-corrected chi connectivity index (χ1v) is 12.8. The highest BCUT2D eigenvalue weighted by Crippen LogP contribution is 2.40. The number of carbonyl (C=O) groups is 2. The van der Waals surface area contributed by atoms with Gasteiger partial charge in [-0.15, -0.1) is 11.8 Å². The van der Waals surface area contributed by atoms with Crippen LogP contribution in [-0.2, 0) is 11.0 Å². The minimum Gasteiger partial charge on any atom is -0.497 e. The number of hydrogen-bond acceptors (Lipinski definition) is 4. The van der Waals surface area contributed by atoms with E-state index in [9.17, 15) is 22.8 Å². The summed E-state index contributed by atoms with van der Waals surface area (Å²) in [5, 5.41) is 4.28. The normalized spacial score (nSPS) is 11.9. The van der Waals surface area contributed by atoms with Crippen LogP contribution in [0.1, 0.15) is 26.7 Å². The van der Waals surface area contributed by atoms with Gasteiger partial charge in [-0.25, -0.2) is 0 Å². The Bertz CT molecular complexity index is 1450. The summed E-state index contributed by atoms with van der Waals surface area (Å²) in [5.41, 5.74) is 0.193. The van der Waals surface area contributed by atoms with E-state index in [2.05, 4.69) is 10.6 Å². The number of thioether (sulfide) groups is 1. The van der Waals surface area contributed by atoms with E-state index >= 15 is 0 Å². The molecule has 0 radical (unpaired) electrons. The maximum atomic E-state index is 13.6. The molecule has 2 N–H and O–H groups in total. The van der Waals surface area contributed by atoms with E-state index in [4.69, 9.17) is 16.3 Å². The summed E-state index contributed by atoms with van der Waals surface area (Å²) in [7, 11) is 1.54. The first-order valence-electron chi connectivity index (χ1n) is 11.6. The number of alkyl halides is 3. The Hall–Kier alpha value is -3.95. The number of methoxy groups -OCH3 is 1. The summed E-state index contributed by atoms with van der Waals surface area (Å²) in [5.74, 6) is -0.297. The van der Waals surface area contributed by atoms with Crippen LogP contribution < -0.4 is 15.4 Å². The summed E-state index contributed by atoms with van der Waals surface area (Å²) in [6.07, 6.45) is -4.70. The van der Waals surface area contributed by atoms with Gasteiger partial charge in [-0.1, -0.05) is 41.9 Å². The van der Waals surface area contributed by atoms with Crippen molar-refractivity contribution in [2.24, 2.45) is 0 Å². The molecule has 0 saturated carbocycles. The quantitative estimate of drug-likeness (QED) is 0.210. The molecule has 0 heterocycles. The van der Waals surface area contributed by atoms with E-state index < -0.39 is 22.9 Å². The van der Waals surface area contributed by atoms with Crippen molar-refractivity contribution in [3.05, 3.63) is 119 Å². The largest absolute Gasteiger partial charge is 0.497 e. The lowest BCUT2D eigenvalue weighted by Crippen LogP contribution is -2.21. The van der Waals surface area contributed by atoms with Crippen molar-refractivity contribution in [3.8, 4) is 5.75 Å². The van der Waals surface area contributed by atoms with Gasteiger partial charge in [0.05, 0.1) is 18.4 Å². The Morgan fingerprint density at radius 3 is 2.15 bits per heavy atom. The smallest absolute Gasteiger partial charge is 0.418 e. The Kier molecular flexibility index (Phi) is 8.83. The van der Waals surface area contributed by atoms with Crippen LogP contribution >= 0.6 is 23.4 Å². The van der Waals surface area contributed by atoms with Gasteiger partial charge in [0.1, 0.15) is 11.0 Å². The van der Waals surface area contributed by atoms with Crippen molar-refractivity contribution < 1.29 is 27.5 Å². The van der Waals surface area contributed by atoms with E-state index in [1.165, 1.54) is 24.9 Å². The molecular formula is C29H22ClF3N2O3S. The van der Waals surface area contributed by atoms with Crippen LogP contribution in [-0.4, -0.2) is 18.9 Å². The molecule has 0 spiro atoms. The van der Waals surface area contributed by atoms with Crippen molar-refractivity contribution >= 4 is 46.6 Å². The number of anilines is 2. The third-order valence-electron chi connectivity index (χ3n) is 5.60. The summed E-state index contributed by atoms with van der Waals surface area (Å²) in [4.78, 5) is 26.5. The van der Waals surface area contributed by atoms with E-state index in [-0.39, 0.29) is 16.6 Å². The van der Waals surface area contributed by atoms with E-state index in [1.54, 1.807) is 78.9 Å². The minimum absolute atomic E-state index is 0.0894. The zero-order chi connectivity index (χ0) is 28.0. The molecule has 10 heteroatoms. The summed E-state index contributed by atoms with van der Waals surface area (Å²) in [6, 6.07) is 25.4. The summed E-state index contributed by atoms with van der Waals surface area (Å²) in [6.45, 7) is 0. The van der Waals surface area contributed by atoms with Gasteiger partial charge in [-0.2, -0.15) is 13.2 Å². The average molecular weight is 571 g/mol. The Morgan fingerprint density at radius 2 is 1.54 bits per heavy atom. The average Bonchev–Trinajstić information content (AvgIpc) is 2.93. The maximum absolute atomic E-state index is 13.6. The highest BCUT2D eigenvalue weighted by atomic mass is 35.5. The molecule has 1 unspecified atom stereocenters. The first kappa shape index (κ1) is 28.1. The van der Waals surface area contributed by atoms with Crippen LogP contribution in [0.4, 0.5) is 24.5 Å². The molecule has 0 aromatic heterocycles. The van der Waals surface area contributed by atoms with Gasteiger partial charge in [0, 0.05) is 21.2 Å². The van der Waals surface area contributed by atoms with Crippen molar-refractivity contribution in [2.45, 2.75) is 16.3 Å². The number of hydrogen-bond donors (Lipinski definition) is 2. The van der Waals surface area contributed by atoms with Crippen LogP contribution in [0, 0.1) is 0 Å². The maximum Gasteiger partial charge on any atom is 0.418 e. The van der Waals surface area contributed by atoms with Gasteiger partial charge in [-0.05, 0) is 72.3 Å². The van der Waals surface area contributed by atoms with Crippen molar-refractivity contribution in [2.75, 3.05) is 17.7 Å². The van der Waals surface area contributed by atoms with Gasteiger partial charge >= 0.3 is 6.18 Å². The zero-order valence-corrected chi connectivity index (χ0v) is 22.0. The molecular weight excluding hydrogens is 549 g/mol. The second-order valence-electron chi connectivity index (χ2n) is 8.29. The number of halogens is 4. The van der Waals surface area contributed by atoms with Crippen LogP contribution in [0.25, 0.3) is 0 Å². The Balaban J connectivity index is 1.52. The number of carbonyl (C=O) groups excluding carboxylic acids is 2. The molecule has 1 atom stereocenters. The van der Waals surface area contributed by atoms with Gasteiger partial charge in [0.2, 0.25) is 5.91 Å². The number of amides is 2. The topological polar surface area (TPSA) is 67.4 Å². The molecule has 39 heavy (non-hydrogen) atoms. The predicted octanol–water partition coefficient (Wildman–Crippen LogP) is 8.09. The van der Waals surface area contributed by atoms with Crippen LogP contribution in [0.15, 0.2) is 102 Å². The summed E-state index contributed by atoms with van der Waals surface area (Å²) >= 11 is 6.94. The van der Waals surface area contributed by atoms with Gasteiger partial charge < -0.3 is 15.4 Å². The van der Waals surface area contributed by atoms with Crippen LogP contribution in [0.2, 0.25) is 5.02 Å². The lowest BCUT2D eigenvalue weighted by molar-refractivity contribution is -0.137. The van der Waals surface area contributed by atoms with Gasteiger partial charge in [-0.3, -0.25) is 9.59 Å². The fraction of sp³-hybridized carbons (Fsp3) is 0.103. The highest BCUT2D eigenvalue weighted by molar-refractivity contribution is 8.00. The Labute approximate surface area is 232 Å². The molecule has 0 fully saturated rings. The molecule has 200 valence electrons. The molecule has 4 rings (SSSR count). The fourth-order valence-corrected chi connectivity index (χ4v) is 4.85. The second-order valence-corrected chi connectivity index (χ2v) is 9.91. The number of benzene rings is 4. The summed E-state index contributed by atoms with van der Waals surface area (Å²) < 4.78 is 45.8. The van der Waals surface area contributed by atoms with Gasteiger partial charge in [0.25, 0.3) is 5.91 Å². The molecule has 2 amide bonds. The standard InChI is InChI=1S/C29H22ClF3N2O3S/c1-38-22-12-7-19(8-13-22)27(36)34-21-10-14-23(15-11-21)39-26(18-5-3-2-4-6-18)28(37)35-25-16-9-20(30)17-24(25)29(31,32)33/h2-17,26H,1H3,(H,34,36)(H,35,37). The molecule has 0 saturated heterocycles. The van der Waals surface area contributed by atoms with Crippen LogP contribution in [0.5, 0.6) is 5.75 Å². The van der Waals surface area contributed by atoms with Crippen molar-refractivity contribution in [3.63, 3.8) is 0 Å². The third-order valence-corrected chi connectivity index (χ3v) is 7.11. The van der Waals surface area contributed by atoms with E-state index in [1.807, 2.05) is 0 Å². The van der Waals surface area contributed by atoms with E-state index in [0.717, 1.165) is 12.1 Å². The molecule has 0 aliphatic rings. The molecule has 5 nitrogen and oxygen atoms in total. The molecule has 4 aromatic rings. The first-order chi connectivity index (χ1) is 18.6. The van der Waals surface area contributed by atoms with E-state index in [0.29, 0.717) is 27.5 Å². The SMILES string of the molecule is COc1ccc(C(=O)Nc2ccc(SC(C(=O)Nc3ccc(Cl)cc3C(F)(F)F)c3ccccc3)cc2)cc1. The van der Waals surface area contributed by atoms with Crippen molar-refractivity contribution in [1.29, 1.82) is 0 Å². The number of nitrogens with one attached hydrogen (secondary N) is 2. The lowest BCUT2D eigenvalue weighted by atomic mass is 10.1. The molecule has 0 aliphatic heterocycles. The molecule has 0 bridgehead atoms. The number of rotatable bonds is 8. The fourth-order valence-electron chi connectivity index (χ4n) is 3.66. The predicted molar refractivity (Wildman–Crippen MR) is 148 cm³/mol. The van der Waals surface area contributed by atoms with Gasteiger partial charge in [0.15, 0.2) is 0 Å². The monoisotopic (exact) mass is 570 g/mol. The third kappa shape index (κ3) is 7.34. The van der Waals surface area contributed by atoms with Crippen LogP contribution in [0.3, 0.4) is 0 Å². The number of ether oxygens (including phenoxy) is 1. The zero-order valence-electron chi connectivity index (χ0n) is 20.5. The second kappa shape index (κ2) is 12.3. The minimum atomic E-state index is -4.70. The van der Waals surface area contributed by atoms with Crippen molar-refractivity contribution in [1.82, 2.24) is 0 Å². The Morgan fingerprint density at radius 1 is 0.872 bits per heavy atom. The highest BCUT2D eigenvalue weighted by Gasteiger charge is 2.35. The molecule has 0 aliphatic carbocycles. The lowest BCUT2D eigenvalue weighted by Gasteiger charge is -2.19.